The van der Waals surface area contributed by atoms with Gasteiger partial charge < -0.3 is 9.47 Å². The SMILES string of the molecule is COCc1nc(CCOc2c(C)cccc2C)sc1C#N. The number of aryl methyl sites for hydroxylation is 2. The van der Waals surface area contributed by atoms with Crippen LogP contribution in [0.5, 0.6) is 5.75 Å². The highest BCUT2D eigenvalue weighted by Crippen LogP contribution is 2.23. The molecule has 0 aliphatic rings. The number of nitrogens with zero attached hydrogens (tertiary/aromatic N) is 2. The molecule has 2 aromatic rings. The van der Waals surface area contributed by atoms with Gasteiger partial charge in [-0.15, -0.1) is 11.3 Å². The van der Waals surface area contributed by atoms with E-state index in [-0.39, 0.29) is 0 Å². The third-order valence-electron chi connectivity index (χ3n) is 3.10. The van der Waals surface area contributed by atoms with Gasteiger partial charge in [0.05, 0.1) is 23.9 Å². The molecule has 5 heteroatoms. The van der Waals surface area contributed by atoms with Crippen LogP contribution in [-0.4, -0.2) is 18.7 Å². The lowest BCUT2D eigenvalue weighted by Gasteiger charge is -2.10. The first-order valence-corrected chi connectivity index (χ1v) is 7.54. The second-order valence-electron chi connectivity index (χ2n) is 4.75. The summed E-state index contributed by atoms with van der Waals surface area (Å²) in [5.74, 6) is 0.937. The van der Waals surface area contributed by atoms with Crippen LogP contribution >= 0.6 is 11.3 Å². The molecule has 21 heavy (non-hydrogen) atoms. The van der Waals surface area contributed by atoms with Crippen molar-refractivity contribution in [3.8, 4) is 11.8 Å². The summed E-state index contributed by atoms with van der Waals surface area (Å²) in [4.78, 5) is 5.06. The Kier molecular flexibility index (Phi) is 5.32. The monoisotopic (exact) mass is 302 g/mol. The second kappa shape index (κ2) is 7.21. The third-order valence-corrected chi connectivity index (χ3v) is 4.16. The van der Waals surface area contributed by atoms with E-state index in [0.29, 0.717) is 30.2 Å². The Balaban J connectivity index is 1.99. The van der Waals surface area contributed by atoms with Crippen LogP contribution < -0.4 is 4.74 Å². The number of hydrogen-bond acceptors (Lipinski definition) is 5. The average molecular weight is 302 g/mol. The maximum Gasteiger partial charge on any atom is 0.130 e. The van der Waals surface area contributed by atoms with E-state index in [9.17, 15) is 0 Å². The molecule has 0 amide bonds. The quantitative estimate of drug-likeness (QED) is 0.820. The predicted molar refractivity (Wildman–Crippen MR) is 82.7 cm³/mol. The normalized spacial score (nSPS) is 10.4. The molecular weight excluding hydrogens is 284 g/mol. The summed E-state index contributed by atoms with van der Waals surface area (Å²) >= 11 is 1.41. The number of para-hydroxylation sites is 1. The van der Waals surface area contributed by atoms with Crippen LogP contribution in [-0.2, 0) is 17.8 Å². The van der Waals surface area contributed by atoms with E-state index in [1.807, 2.05) is 32.0 Å². The van der Waals surface area contributed by atoms with Gasteiger partial charge in [-0.2, -0.15) is 5.26 Å². The van der Waals surface area contributed by atoms with Crippen LogP contribution in [0.2, 0.25) is 0 Å². The minimum absolute atomic E-state index is 0.372. The van der Waals surface area contributed by atoms with Crippen LogP contribution in [0.3, 0.4) is 0 Å². The number of rotatable bonds is 6. The molecule has 0 bridgehead atoms. The summed E-state index contributed by atoms with van der Waals surface area (Å²) in [7, 11) is 1.60. The van der Waals surface area contributed by atoms with E-state index in [2.05, 4.69) is 11.1 Å². The van der Waals surface area contributed by atoms with Gasteiger partial charge in [0.15, 0.2) is 0 Å². The van der Waals surface area contributed by atoms with Gasteiger partial charge in [0.2, 0.25) is 0 Å². The molecule has 4 nitrogen and oxygen atoms in total. The number of nitriles is 1. The molecule has 0 atom stereocenters. The highest BCUT2D eigenvalue weighted by Gasteiger charge is 2.11. The van der Waals surface area contributed by atoms with Crippen molar-refractivity contribution in [3.05, 3.63) is 44.9 Å². The van der Waals surface area contributed by atoms with E-state index < -0.39 is 0 Å². The zero-order valence-electron chi connectivity index (χ0n) is 12.5. The topological polar surface area (TPSA) is 55.1 Å². The van der Waals surface area contributed by atoms with Crippen LogP contribution in [0, 0.1) is 25.2 Å². The molecule has 110 valence electrons. The van der Waals surface area contributed by atoms with E-state index in [0.717, 1.165) is 21.9 Å². The maximum absolute atomic E-state index is 9.07. The molecular formula is C16H18N2O2S. The summed E-state index contributed by atoms with van der Waals surface area (Å²) in [5, 5.41) is 9.98. The van der Waals surface area contributed by atoms with Crippen LogP contribution in [0.15, 0.2) is 18.2 Å². The third kappa shape index (κ3) is 3.81. The molecule has 0 fully saturated rings. The molecule has 0 aliphatic carbocycles. The first kappa shape index (κ1) is 15.5. The minimum atomic E-state index is 0.372. The molecule has 1 aromatic heterocycles. The summed E-state index contributed by atoms with van der Waals surface area (Å²) < 4.78 is 10.9. The van der Waals surface area contributed by atoms with Crippen LogP contribution in [0.4, 0.5) is 0 Å². The summed E-state index contributed by atoms with van der Waals surface area (Å²) in [5.41, 5.74) is 2.98. The zero-order valence-corrected chi connectivity index (χ0v) is 13.3. The Morgan fingerprint density at radius 1 is 1.29 bits per heavy atom. The van der Waals surface area contributed by atoms with Crippen molar-refractivity contribution >= 4 is 11.3 Å². The molecule has 0 N–H and O–H groups in total. The Morgan fingerprint density at radius 3 is 2.62 bits per heavy atom. The fourth-order valence-electron chi connectivity index (χ4n) is 2.10. The van der Waals surface area contributed by atoms with Gasteiger partial charge >= 0.3 is 0 Å². The van der Waals surface area contributed by atoms with Crippen molar-refractivity contribution in [2.24, 2.45) is 0 Å². The number of benzene rings is 1. The van der Waals surface area contributed by atoms with E-state index >= 15 is 0 Å². The fraction of sp³-hybridized carbons (Fsp3) is 0.375. The lowest BCUT2D eigenvalue weighted by atomic mass is 10.1. The maximum atomic E-state index is 9.07. The summed E-state index contributed by atoms with van der Waals surface area (Å²) in [6, 6.07) is 8.26. The van der Waals surface area contributed by atoms with Crippen molar-refractivity contribution in [1.29, 1.82) is 5.26 Å². The molecule has 1 heterocycles. The number of aromatic nitrogens is 1. The number of ether oxygens (including phenoxy) is 2. The molecule has 0 saturated carbocycles. The molecule has 0 unspecified atom stereocenters. The Bertz CT molecular complexity index is 639. The van der Waals surface area contributed by atoms with Crippen molar-refractivity contribution in [1.82, 2.24) is 4.98 Å². The van der Waals surface area contributed by atoms with Gasteiger partial charge in [-0.3, -0.25) is 0 Å². The van der Waals surface area contributed by atoms with Gasteiger partial charge in [0.1, 0.15) is 16.7 Å². The molecule has 0 saturated heterocycles. The lowest BCUT2D eigenvalue weighted by Crippen LogP contribution is -2.03. The Morgan fingerprint density at radius 2 is 2.00 bits per heavy atom. The first-order valence-electron chi connectivity index (χ1n) is 6.72. The van der Waals surface area contributed by atoms with E-state index in [4.69, 9.17) is 14.7 Å². The van der Waals surface area contributed by atoms with Crippen molar-refractivity contribution in [3.63, 3.8) is 0 Å². The lowest BCUT2D eigenvalue weighted by molar-refractivity contribution is 0.181. The van der Waals surface area contributed by atoms with Crippen molar-refractivity contribution < 1.29 is 9.47 Å². The smallest absolute Gasteiger partial charge is 0.130 e. The standard InChI is InChI=1S/C16H18N2O2S/c1-11-5-4-6-12(2)16(11)20-8-7-15-18-13(10-19-3)14(9-17)21-15/h4-6H,7-8,10H2,1-3H3. The van der Waals surface area contributed by atoms with Crippen LogP contribution in [0.25, 0.3) is 0 Å². The highest BCUT2D eigenvalue weighted by molar-refractivity contribution is 7.12. The fourth-order valence-corrected chi connectivity index (χ4v) is 2.94. The number of thiazole rings is 1. The Labute approximate surface area is 129 Å². The van der Waals surface area contributed by atoms with Gasteiger partial charge in [-0.05, 0) is 25.0 Å². The van der Waals surface area contributed by atoms with Crippen LogP contribution in [0.1, 0.15) is 26.7 Å². The van der Waals surface area contributed by atoms with Gasteiger partial charge in [0, 0.05) is 13.5 Å². The largest absolute Gasteiger partial charge is 0.493 e. The predicted octanol–water partition coefficient (Wildman–Crippen LogP) is 3.40. The second-order valence-corrected chi connectivity index (χ2v) is 5.83. The van der Waals surface area contributed by atoms with Gasteiger partial charge in [-0.25, -0.2) is 4.98 Å². The summed E-state index contributed by atoms with van der Waals surface area (Å²) in [6.07, 6.45) is 0.691. The highest BCUT2D eigenvalue weighted by atomic mass is 32.1. The number of hydrogen-bond donors (Lipinski definition) is 0. The van der Waals surface area contributed by atoms with E-state index in [1.165, 1.54) is 11.3 Å². The minimum Gasteiger partial charge on any atom is -0.493 e. The molecule has 0 radical (unpaired) electrons. The average Bonchev–Trinajstić information content (AvgIpc) is 2.85. The molecule has 2 rings (SSSR count). The van der Waals surface area contributed by atoms with Gasteiger partial charge in [-0.1, -0.05) is 18.2 Å². The summed E-state index contributed by atoms with van der Waals surface area (Å²) in [6.45, 7) is 5.00. The van der Waals surface area contributed by atoms with Crippen molar-refractivity contribution in [2.45, 2.75) is 26.9 Å². The molecule has 1 aromatic carbocycles. The van der Waals surface area contributed by atoms with Gasteiger partial charge in [0.25, 0.3) is 0 Å². The van der Waals surface area contributed by atoms with E-state index in [1.54, 1.807) is 7.11 Å². The molecule has 0 aliphatic heterocycles. The first-order chi connectivity index (χ1) is 10.2. The molecule has 0 spiro atoms. The Hall–Kier alpha value is -1.90. The van der Waals surface area contributed by atoms with Crippen molar-refractivity contribution in [2.75, 3.05) is 13.7 Å². The number of methoxy groups -OCH3 is 1. The zero-order chi connectivity index (χ0) is 15.2.